The Labute approximate surface area is 312 Å². The first-order chi connectivity index (χ1) is 23.7. The number of unbranched alkanes of at least 4 members (excludes halogenated alkanes) is 2. The van der Waals surface area contributed by atoms with E-state index >= 15 is 0 Å². The summed E-state index contributed by atoms with van der Waals surface area (Å²) in [5.41, 5.74) is 21.9. The summed E-state index contributed by atoms with van der Waals surface area (Å²) in [6.45, 7) is 23.1. The normalized spacial score (nSPS) is 17.7. The topological polar surface area (TPSA) is 0 Å². The van der Waals surface area contributed by atoms with E-state index in [1.165, 1.54) is 89.0 Å². The molecule has 0 fully saturated rings. The Morgan fingerprint density at radius 3 is 1.34 bits per heavy atom. The van der Waals surface area contributed by atoms with Gasteiger partial charge in [0.05, 0.1) is 0 Å². The van der Waals surface area contributed by atoms with Gasteiger partial charge in [-0.15, -0.1) is 0 Å². The van der Waals surface area contributed by atoms with Crippen LogP contribution in [0.2, 0.25) is 13.1 Å². The van der Waals surface area contributed by atoms with Crippen molar-refractivity contribution in [1.82, 2.24) is 0 Å². The summed E-state index contributed by atoms with van der Waals surface area (Å²) < 4.78 is 0.235. The van der Waals surface area contributed by atoms with Crippen molar-refractivity contribution in [3.05, 3.63) is 127 Å². The predicted octanol–water partition coefficient (Wildman–Crippen LogP) is 14.8. The maximum atomic E-state index is 8.86. The molecule has 6 rings (SSSR count). The van der Waals surface area contributed by atoms with Gasteiger partial charge in [-0.25, -0.2) is 0 Å². The molecule has 0 saturated heterocycles. The molecule has 50 heavy (non-hydrogen) atoms. The average Bonchev–Trinajstić information content (AvgIpc) is 3.65. The van der Waals surface area contributed by atoms with Crippen LogP contribution in [0.4, 0.5) is 0 Å². The van der Waals surface area contributed by atoms with Crippen molar-refractivity contribution in [3.8, 4) is 22.3 Å². The summed E-state index contributed by atoms with van der Waals surface area (Å²) in [6.07, 6.45) is 11.8. The fourth-order valence-corrected chi connectivity index (χ4v) is 40.9. The summed E-state index contributed by atoms with van der Waals surface area (Å²) in [7, 11) is 17.7. The standard InChI is InChI=1S/2C22H25.C2H7Si.2ClH.Zr/c2*1-5-6-8-18-13-19-9-7-10-20(22(19)14-18)21-12-15(2)11-16(3)17(21)4;1-3-2;;;/h2*7,9-14H,5-6,8H2,1-4H3;3H,1-2H3;2*1H;/q;;;;;+2/p-2. The Bertz CT molecular complexity index is 1890. The molecule has 0 aliphatic heterocycles. The van der Waals surface area contributed by atoms with Gasteiger partial charge in [0.25, 0.3) is 0 Å². The fourth-order valence-electron chi connectivity index (χ4n) is 9.37. The Kier molecular flexibility index (Phi) is 10.9. The second-order valence-corrected chi connectivity index (χ2v) is 58.5. The summed E-state index contributed by atoms with van der Waals surface area (Å²) in [5.74, 6) is -1.66. The number of fused-ring (bicyclic) bond motifs is 2. The maximum absolute atomic E-state index is 8.86. The first kappa shape index (κ1) is 37.8. The van der Waals surface area contributed by atoms with E-state index in [-0.39, 0.29) is 7.25 Å². The Morgan fingerprint density at radius 1 is 0.580 bits per heavy atom. The van der Waals surface area contributed by atoms with E-state index < -0.39 is 21.5 Å². The van der Waals surface area contributed by atoms with Crippen LogP contribution in [0.5, 0.6) is 0 Å². The molecular formula is C46H57Cl2SiZr. The zero-order valence-electron chi connectivity index (χ0n) is 32.2. The van der Waals surface area contributed by atoms with Crippen molar-refractivity contribution < 1.29 is 15.6 Å². The molecule has 4 aromatic carbocycles. The first-order valence-corrected chi connectivity index (χ1v) is 35.4. The number of hydrogen-bond acceptors (Lipinski definition) is 0. The van der Waals surface area contributed by atoms with Gasteiger partial charge in [-0.05, 0) is 0 Å². The van der Waals surface area contributed by atoms with Crippen molar-refractivity contribution in [2.45, 2.75) is 114 Å². The number of allylic oxidation sites excluding steroid dienone is 2. The van der Waals surface area contributed by atoms with E-state index in [4.69, 9.17) is 17.0 Å². The third-order valence-electron chi connectivity index (χ3n) is 12.4. The molecule has 0 bridgehead atoms. The molecule has 0 spiro atoms. The molecule has 2 atom stereocenters. The number of rotatable bonds is 11. The van der Waals surface area contributed by atoms with Crippen LogP contribution < -0.4 is 0 Å². The molecular weight excluding hydrogens is 743 g/mol. The van der Waals surface area contributed by atoms with E-state index in [1.54, 1.807) is 0 Å². The molecule has 263 valence electrons. The van der Waals surface area contributed by atoms with Gasteiger partial charge in [-0.1, -0.05) is 0 Å². The van der Waals surface area contributed by atoms with Gasteiger partial charge < -0.3 is 0 Å². The number of aryl methyl sites for hydroxylation is 4. The van der Waals surface area contributed by atoms with Crippen LogP contribution in [-0.2, 0) is 15.6 Å². The van der Waals surface area contributed by atoms with Crippen LogP contribution in [0, 0.1) is 41.5 Å². The predicted molar refractivity (Wildman–Crippen MR) is 223 cm³/mol. The van der Waals surface area contributed by atoms with E-state index in [2.05, 4.69) is 141 Å². The van der Waals surface area contributed by atoms with Crippen molar-refractivity contribution in [2.24, 2.45) is 0 Å². The monoisotopic (exact) mass is 797 g/mol. The van der Waals surface area contributed by atoms with E-state index in [0.29, 0.717) is 0 Å². The third-order valence-corrected chi connectivity index (χ3v) is 64.2. The van der Waals surface area contributed by atoms with Crippen LogP contribution in [0.1, 0.15) is 115 Å². The summed E-state index contributed by atoms with van der Waals surface area (Å²) in [4.78, 5) is 0. The molecule has 0 saturated carbocycles. The molecule has 0 heterocycles. The van der Waals surface area contributed by atoms with Crippen LogP contribution in [0.3, 0.4) is 0 Å². The molecule has 4 heteroatoms. The first-order valence-electron chi connectivity index (χ1n) is 19.1. The quantitative estimate of drug-likeness (QED) is 0.133. The van der Waals surface area contributed by atoms with Gasteiger partial charge in [0.1, 0.15) is 0 Å². The average molecular weight is 800 g/mol. The Hall–Kier alpha value is -1.96. The fraction of sp³-hybridized carbons (Fsp3) is 0.391. The molecule has 0 N–H and O–H groups in total. The number of hydrogen-bond donors (Lipinski definition) is 0. The van der Waals surface area contributed by atoms with Crippen LogP contribution in [-0.4, -0.2) is 5.92 Å². The van der Waals surface area contributed by atoms with Gasteiger partial charge in [-0.3, -0.25) is 0 Å². The molecule has 4 aromatic rings. The van der Waals surface area contributed by atoms with Crippen LogP contribution in [0.15, 0.2) is 71.8 Å². The van der Waals surface area contributed by atoms with E-state index in [1.807, 2.05) is 0 Å². The molecule has 0 nitrogen and oxygen atoms in total. The molecule has 0 amide bonds. The summed E-state index contributed by atoms with van der Waals surface area (Å²) in [5, 5.41) is 0. The van der Waals surface area contributed by atoms with Crippen LogP contribution >= 0.6 is 17.0 Å². The molecule has 0 radical (unpaired) electrons. The minimum atomic E-state index is -4.89. The zero-order chi connectivity index (χ0) is 36.1. The van der Waals surface area contributed by atoms with E-state index in [9.17, 15) is 0 Å². The van der Waals surface area contributed by atoms with Crippen LogP contribution in [0.25, 0.3) is 34.4 Å². The Morgan fingerprint density at radius 2 is 0.980 bits per heavy atom. The summed E-state index contributed by atoms with van der Waals surface area (Å²) in [6, 6.07) is 23.4. The van der Waals surface area contributed by atoms with Crippen molar-refractivity contribution in [1.29, 1.82) is 0 Å². The van der Waals surface area contributed by atoms with Crippen molar-refractivity contribution in [2.75, 3.05) is 0 Å². The number of halogens is 2. The second kappa shape index (κ2) is 14.5. The summed E-state index contributed by atoms with van der Waals surface area (Å²) >= 11 is -4.89. The second-order valence-electron chi connectivity index (χ2n) is 16.0. The van der Waals surface area contributed by atoms with Gasteiger partial charge >= 0.3 is 315 Å². The molecule has 2 aliphatic rings. The van der Waals surface area contributed by atoms with Crippen molar-refractivity contribution >= 4 is 35.1 Å². The SMILES string of the molecule is CCCCC1=Cc2c(-c3cc(C)cc(C)c3C)cccc2[CH]1[Zr]([Cl])([Cl])([CH]1C(CCCC)=Cc2c(-c3cc(C)cc(C)c3C)cccc21)[SiH](C)C. The van der Waals surface area contributed by atoms with Gasteiger partial charge in [0, 0.05) is 0 Å². The van der Waals surface area contributed by atoms with Gasteiger partial charge in [0.2, 0.25) is 0 Å². The zero-order valence-corrected chi connectivity index (χ0v) is 37.3. The number of benzene rings is 4. The van der Waals surface area contributed by atoms with Crippen molar-refractivity contribution in [3.63, 3.8) is 0 Å². The minimum absolute atomic E-state index is 0.117. The molecule has 0 aromatic heterocycles. The van der Waals surface area contributed by atoms with Gasteiger partial charge in [-0.2, -0.15) is 0 Å². The molecule has 2 aliphatic carbocycles. The third kappa shape index (κ3) is 6.27. The van der Waals surface area contributed by atoms with Gasteiger partial charge in [0.15, 0.2) is 0 Å². The Balaban J connectivity index is 1.63. The van der Waals surface area contributed by atoms with E-state index in [0.717, 1.165) is 38.5 Å². The molecule has 2 unspecified atom stereocenters.